The van der Waals surface area contributed by atoms with Crippen LogP contribution < -0.4 is 0 Å². The summed E-state index contributed by atoms with van der Waals surface area (Å²) in [6.07, 6.45) is 2.36. The number of ether oxygens (including phenoxy) is 1. The van der Waals surface area contributed by atoms with Crippen molar-refractivity contribution in [3.63, 3.8) is 0 Å². The Morgan fingerprint density at radius 3 is 2.20 bits per heavy atom. The summed E-state index contributed by atoms with van der Waals surface area (Å²) in [5.41, 5.74) is 1.60. The third-order valence-corrected chi connectivity index (χ3v) is 3.27. The summed E-state index contributed by atoms with van der Waals surface area (Å²) in [7, 11) is 0. The van der Waals surface area contributed by atoms with E-state index in [9.17, 15) is 0 Å². The van der Waals surface area contributed by atoms with Gasteiger partial charge in [0.15, 0.2) is 0 Å². The van der Waals surface area contributed by atoms with E-state index in [0.29, 0.717) is 5.41 Å². The molecule has 1 heteroatoms. The first-order valence-electron chi connectivity index (χ1n) is 5.82. The normalized spacial score (nSPS) is 11.7. The number of hydrogen-bond acceptors (Lipinski definition) is 1. The van der Waals surface area contributed by atoms with Gasteiger partial charge in [-0.05, 0) is 23.8 Å². The molecule has 0 aliphatic heterocycles. The van der Waals surface area contributed by atoms with Gasteiger partial charge in [-0.2, -0.15) is 0 Å². The summed E-state index contributed by atoms with van der Waals surface area (Å²) in [5, 5.41) is 0. The second-order valence-electron chi connectivity index (χ2n) is 4.50. The zero-order valence-electron chi connectivity index (χ0n) is 10.1. The van der Waals surface area contributed by atoms with Gasteiger partial charge in [-0.25, -0.2) is 0 Å². The van der Waals surface area contributed by atoms with E-state index in [4.69, 9.17) is 4.74 Å². The fourth-order valence-corrected chi connectivity index (χ4v) is 1.44. The van der Waals surface area contributed by atoms with Crippen molar-refractivity contribution in [3.8, 4) is 0 Å². The zero-order chi connectivity index (χ0) is 11.1. The highest BCUT2D eigenvalue weighted by Gasteiger charge is 2.19. The summed E-state index contributed by atoms with van der Waals surface area (Å²) in [4.78, 5) is 0. The van der Waals surface area contributed by atoms with Crippen LogP contribution in [0, 0.1) is 5.41 Å². The molecule has 0 fully saturated rings. The lowest BCUT2D eigenvalue weighted by atomic mass is 9.86. The summed E-state index contributed by atoms with van der Waals surface area (Å²) >= 11 is 0. The summed E-state index contributed by atoms with van der Waals surface area (Å²) in [6.45, 7) is 8.34. The second-order valence-corrected chi connectivity index (χ2v) is 4.50. The Hall–Kier alpha value is -0.820. The third kappa shape index (κ3) is 4.05. The van der Waals surface area contributed by atoms with Crippen LogP contribution in [-0.4, -0.2) is 6.61 Å². The Labute approximate surface area is 93.5 Å². The minimum Gasteiger partial charge on any atom is -0.376 e. The van der Waals surface area contributed by atoms with E-state index in [2.05, 4.69) is 45.0 Å². The molecule has 0 saturated heterocycles. The van der Waals surface area contributed by atoms with Crippen molar-refractivity contribution in [1.29, 1.82) is 0 Å². The molecule has 0 aromatic heterocycles. The lowest BCUT2D eigenvalue weighted by Crippen LogP contribution is -2.21. The van der Waals surface area contributed by atoms with Crippen molar-refractivity contribution in [1.82, 2.24) is 0 Å². The van der Waals surface area contributed by atoms with Gasteiger partial charge in [0.25, 0.3) is 0 Å². The first kappa shape index (κ1) is 12.3. The van der Waals surface area contributed by atoms with Crippen LogP contribution in [0.5, 0.6) is 0 Å². The molecule has 15 heavy (non-hydrogen) atoms. The molecule has 0 heterocycles. The van der Waals surface area contributed by atoms with Gasteiger partial charge in [0.1, 0.15) is 0 Å². The molecule has 0 saturated carbocycles. The molecule has 0 amide bonds. The highest BCUT2D eigenvalue weighted by molar-refractivity contribution is 5.13. The van der Waals surface area contributed by atoms with Gasteiger partial charge in [-0.15, -0.1) is 0 Å². The molecule has 84 valence electrons. The summed E-state index contributed by atoms with van der Waals surface area (Å²) in [6, 6.07) is 10.4. The molecular formula is C14H22O. The van der Waals surface area contributed by atoms with Crippen LogP contribution in [0.1, 0.15) is 39.2 Å². The molecule has 0 atom stereocenters. The van der Waals surface area contributed by atoms with Crippen molar-refractivity contribution in [2.24, 2.45) is 5.41 Å². The molecule has 0 aliphatic rings. The smallest absolute Gasteiger partial charge is 0.0717 e. The van der Waals surface area contributed by atoms with E-state index in [-0.39, 0.29) is 0 Å². The maximum Gasteiger partial charge on any atom is 0.0717 e. The Kier molecular flexibility index (Phi) is 4.83. The van der Waals surface area contributed by atoms with Crippen LogP contribution in [0.15, 0.2) is 30.3 Å². The Morgan fingerprint density at radius 1 is 1.07 bits per heavy atom. The molecular weight excluding hydrogens is 184 g/mol. The van der Waals surface area contributed by atoms with Gasteiger partial charge in [0, 0.05) is 0 Å². The van der Waals surface area contributed by atoms with E-state index in [1.165, 1.54) is 18.4 Å². The van der Waals surface area contributed by atoms with Crippen LogP contribution in [-0.2, 0) is 11.3 Å². The standard InChI is InChI=1S/C14H22O/c1-4-14(3,5-2)12-15-11-13-9-7-6-8-10-13/h6-10H,4-5,11-12H2,1-3H3. The van der Waals surface area contributed by atoms with Crippen LogP contribution in [0.25, 0.3) is 0 Å². The minimum atomic E-state index is 0.342. The van der Waals surface area contributed by atoms with Crippen LogP contribution >= 0.6 is 0 Å². The molecule has 1 aromatic rings. The van der Waals surface area contributed by atoms with Crippen molar-refractivity contribution in [2.75, 3.05) is 6.61 Å². The van der Waals surface area contributed by atoms with E-state index >= 15 is 0 Å². The molecule has 0 aliphatic carbocycles. The van der Waals surface area contributed by atoms with E-state index in [1.807, 2.05) is 6.07 Å². The maximum absolute atomic E-state index is 5.77. The van der Waals surface area contributed by atoms with Crippen molar-refractivity contribution < 1.29 is 4.74 Å². The zero-order valence-corrected chi connectivity index (χ0v) is 10.1. The van der Waals surface area contributed by atoms with Gasteiger partial charge in [-0.3, -0.25) is 0 Å². The topological polar surface area (TPSA) is 9.23 Å². The Balaban J connectivity index is 2.33. The van der Waals surface area contributed by atoms with Crippen LogP contribution in [0.2, 0.25) is 0 Å². The summed E-state index contributed by atoms with van der Waals surface area (Å²) in [5.74, 6) is 0. The molecule has 1 rings (SSSR count). The monoisotopic (exact) mass is 206 g/mol. The predicted molar refractivity (Wildman–Crippen MR) is 64.8 cm³/mol. The molecule has 1 nitrogen and oxygen atoms in total. The SMILES string of the molecule is CCC(C)(CC)COCc1ccccc1. The molecule has 0 radical (unpaired) electrons. The lowest BCUT2D eigenvalue weighted by molar-refractivity contribution is 0.0381. The van der Waals surface area contributed by atoms with Gasteiger partial charge < -0.3 is 4.74 Å². The number of hydrogen-bond donors (Lipinski definition) is 0. The lowest BCUT2D eigenvalue weighted by Gasteiger charge is -2.26. The third-order valence-electron chi connectivity index (χ3n) is 3.27. The van der Waals surface area contributed by atoms with Gasteiger partial charge >= 0.3 is 0 Å². The highest BCUT2D eigenvalue weighted by atomic mass is 16.5. The number of benzene rings is 1. The first-order chi connectivity index (χ1) is 7.20. The van der Waals surface area contributed by atoms with E-state index < -0.39 is 0 Å². The molecule has 0 bridgehead atoms. The fraction of sp³-hybridized carbons (Fsp3) is 0.571. The fourth-order valence-electron chi connectivity index (χ4n) is 1.44. The van der Waals surface area contributed by atoms with Crippen molar-refractivity contribution in [3.05, 3.63) is 35.9 Å². The quantitative estimate of drug-likeness (QED) is 0.683. The Morgan fingerprint density at radius 2 is 1.67 bits per heavy atom. The molecule has 0 unspecified atom stereocenters. The second kappa shape index (κ2) is 5.92. The predicted octanol–water partition coefficient (Wildman–Crippen LogP) is 4.03. The van der Waals surface area contributed by atoms with Gasteiger partial charge in [0.05, 0.1) is 13.2 Å². The highest BCUT2D eigenvalue weighted by Crippen LogP contribution is 2.25. The maximum atomic E-state index is 5.77. The average molecular weight is 206 g/mol. The molecule has 0 N–H and O–H groups in total. The summed E-state index contributed by atoms with van der Waals surface area (Å²) < 4.78 is 5.77. The molecule has 0 spiro atoms. The minimum absolute atomic E-state index is 0.342. The van der Waals surface area contributed by atoms with E-state index in [0.717, 1.165) is 13.2 Å². The largest absolute Gasteiger partial charge is 0.376 e. The van der Waals surface area contributed by atoms with E-state index in [1.54, 1.807) is 0 Å². The molecule has 1 aromatic carbocycles. The van der Waals surface area contributed by atoms with Crippen molar-refractivity contribution in [2.45, 2.75) is 40.2 Å². The van der Waals surface area contributed by atoms with Gasteiger partial charge in [0.2, 0.25) is 0 Å². The van der Waals surface area contributed by atoms with Gasteiger partial charge in [-0.1, -0.05) is 51.1 Å². The Bertz CT molecular complexity index is 262. The van der Waals surface area contributed by atoms with Crippen LogP contribution in [0.3, 0.4) is 0 Å². The first-order valence-corrected chi connectivity index (χ1v) is 5.82. The average Bonchev–Trinajstić information content (AvgIpc) is 2.30. The van der Waals surface area contributed by atoms with Crippen LogP contribution in [0.4, 0.5) is 0 Å². The van der Waals surface area contributed by atoms with Crippen molar-refractivity contribution >= 4 is 0 Å². The number of rotatable bonds is 6.